The molecule has 0 aliphatic heterocycles. The quantitative estimate of drug-likeness (QED) is 0.170. The van der Waals surface area contributed by atoms with Crippen molar-refractivity contribution in [1.82, 2.24) is 0 Å². The largest absolute Gasteiger partial charge is 0.488 e. The number of hydrogen-bond acceptors (Lipinski definition) is 4. The normalized spacial score (nSPS) is 10.9. The molecule has 0 unspecified atom stereocenters. The molecule has 0 saturated carbocycles. The van der Waals surface area contributed by atoms with Crippen molar-refractivity contribution in [2.45, 2.75) is 6.92 Å². The van der Waals surface area contributed by atoms with Crippen LogP contribution in [0.25, 0.3) is 51.5 Å². The minimum absolute atomic E-state index is 0. The number of aryl methyl sites for hydroxylation is 1. The minimum Gasteiger partial charge on any atom is -0.423 e. The fourth-order valence-corrected chi connectivity index (χ4v) is 10.4. The summed E-state index contributed by atoms with van der Waals surface area (Å²) in [6.07, 6.45) is 0. The van der Waals surface area contributed by atoms with E-state index in [1.807, 2.05) is 53.8 Å². The highest BCUT2D eigenvalue weighted by atomic mass is 79.9. The van der Waals surface area contributed by atoms with E-state index in [9.17, 15) is 0 Å². The SMILES string of the molecule is Brc1cc(Br)cc(Br)c1.Cc1cc(Br)cc(-c2ccc3sc4ccccc4c3c2)c1.OB(O)c1ccc2sc3ccccc3c2c1.[2HH]. The molecule has 2 aromatic heterocycles. The van der Waals surface area contributed by atoms with Gasteiger partial charge in [-0.15, -0.1) is 22.7 Å². The minimum atomic E-state index is -1.40. The molecule has 230 valence electrons. The van der Waals surface area contributed by atoms with Gasteiger partial charge in [0.05, 0.1) is 0 Å². The molecule has 0 amide bonds. The molecule has 0 saturated heterocycles. The lowest BCUT2D eigenvalue weighted by atomic mass is 9.80. The third-order valence-corrected chi connectivity index (χ3v) is 11.4. The Bertz CT molecular complexity index is 2270. The van der Waals surface area contributed by atoms with E-state index in [2.05, 4.69) is 143 Å². The Morgan fingerprint density at radius 3 is 1.50 bits per heavy atom. The van der Waals surface area contributed by atoms with Gasteiger partial charge in [0.25, 0.3) is 0 Å². The summed E-state index contributed by atoms with van der Waals surface area (Å²) in [5.74, 6) is 0. The summed E-state index contributed by atoms with van der Waals surface area (Å²) in [7, 11) is -1.40. The highest BCUT2D eigenvalue weighted by Crippen LogP contribution is 2.37. The Hall–Kier alpha value is -2.34. The molecule has 2 heterocycles. The highest BCUT2D eigenvalue weighted by molar-refractivity contribution is 9.11. The van der Waals surface area contributed by atoms with Crippen molar-refractivity contribution in [3.8, 4) is 11.1 Å². The van der Waals surface area contributed by atoms with Gasteiger partial charge in [-0.05, 0) is 95.1 Å². The van der Waals surface area contributed by atoms with Crippen LogP contribution in [0, 0.1) is 6.92 Å². The smallest absolute Gasteiger partial charge is 0.423 e. The van der Waals surface area contributed by atoms with Gasteiger partial charge in [0, 0.05) is 54.3 Å². The molecule has 8 rings (SSSR count). The average Bonchev–Trinajstić information content (AvgIpc) is 3.58. The second kappa shape index (κ2) is 14.8. The van der Waals surface area contributed by atoms with Crippen molar-refractivity contribution >= 4 is 139 Å². The summed E-state index contributed by atoms with van der Waals surface area (Å²) in [5, 5.41) is 23.3. The van der Waals surface area contributed by atoms with Crippen molar-refractivity contribution in [1.29, 1.82) is 0 Å². The number of fused-ring (bicyclic) bond motifs is 6. The number of thiophene rings is 2. The van der Waals surface area contributed by atoms with Crippen LogP contribution < -0.4 is 5.46 Å². The highest BCUT2D eigenvalue weighted by Gasteiger charge is 2.13. The second-order valence-electron chi connectivity index (χ2n) is 10.6. The van der Waals surface area contributed by atoms with Crippen LogP contribution in [0.3, 0.4) is 0 Å². The number of halogens is 4. The zero-order valence-electron chi connectivity index (χ0n) is 24.3. The first kappa shape index (κ1) is 33.6. The van der Waals surface area contributed by atoms with Crippen LogP contribution in [0.2, 0.25) is 0 Å². The summed E-state index contributed by atoms with van der Waals surface area (Å²) in [6.45, 7) is 2.13. The summed E-state index contributed by atoms with van der Waals surface area (Å²) < 4.78 is 9.46. The monoisotopic (exact) mass is 895 g/mol. The van der Waals surface area contributed by atoms with Crippen LogP contribution in [0.5, 0.6) is 0 Å². The van der Waals surface area contributed by atoms with Crippen molar-refractivity contribution in [3.63, 3.8) is 0 Å². The predicted molar refractivity (Wildman–Crippen MR) is 218 cm³/mol. The van der Waals surface area contributed by atoms with E-state index in [0.717, 1.165) is 23.3 Å². The molecule has 2 nitrogen and oxygen atoms in total. The summed E-state index contributed by atoms with van der Waals surface area (Å²) in [6, 6.07) is 41.6. The van der Waals surface area contributed by atoms with Gasteiger partial charge in [-0.3, -0.25) is 0 Å². The maximum atomic E-state index is 9.15. The van der Waals surface area contributed by atoms with E-state index in [4.69, 9.17) is 10.0 Å². The zero-order chi connectivity index (χ0) is 32.4. The Morgan fingerprint density at radius 1 is 0.478 bits per heavy atom. The molecular formula is C37H27BBr4O2S2. The zero-order valence-corrected chi connectivity index (χ0v) is 32.3. The van der Waals surface area contributed by atoms with Gasteiger partial charge < -0.3 is 10.0 Å². The first-order chi connectivity index (χ1) is 22.1. The van der Waals surface area contributed by atoms with Crippen molar-refractivity contribution in [3.05, 3.63) is 145 Å². The van der Waals surface area contributed by atoms with Gasteiger partial charge in [-0.25, -0.2) is 0 Å². The third-order valence-electron chi connectivity index (χ3n) is 7.28. The van der Waals surface area contributed by atoms with Crippen LogP contribution in [0.4, 0.5) is 0 Å². The van der Waals surface area contributed by atoms with Gasteiger partial charge in [0.15, 0.2) is 0 Å². The fourth-order valence-electron chi connectivity index (χ4n) is 5.23. The number of hydrogen-bond donors (Lipinski definition) is 2. The second-order valence-corrected chi connectivity index (χ2v) is 16.5. The molecule has 0 fully saturated rings. The van der Waals surface area contributed by atoms with Crippen LogP contribution in [-0.2, 0) is 0 Å². The molecule has 2 N–H and O–H groups in total. The molecule has 0 spiro atoms. The lowest BCUT2D eigenvalue weighted by molar-refractivity contribution is 0.426. The van der Waals surface area contributed by atoms with Crippen molar-refractivity contribution < 1.29 is 11.5 Å². The molecule has 0 bridgehead atoms. The Balaban J connectivity index is 0.000000148. The van der Waals surface area contributed by atoms with E-state index in [1.165, 1.54) is 51.6 Å². The molecule has 8 aromatic rings. The lowest BCUT2D eigenvalue weighted by Gasteiger charge is -2.05. The van der Waals surface area contributed by atoms with Crippen LogP contribution in [0.15, 0.2) is 139 Å². The number of benzene rings is 6. The first-order valence-electron chi connectivity index (χ1n) is 14.2. The topological polar surface area (TPSA) is 40.5 Å². The molecule has 0 radical (unpaired) electrons. The van der Waals surface area contributed by atoms with Crippen LogP contribution in [0.1, 0.15) is 6.99 Å². The summed E-state index contributed by atoms with van der Waals surface area (Å²) >= 11 is 17.2. The Kier molecular flexibility index (Phi) is 10.8. The Labute approximate surface area is 310 Å². The van der Waals surface area contributed by atoms with Gasteiger partial charge in [-0.2, -0.15) is 0 Å². The summed E-state index contributed by atoms with van der Waals surface area (Å²) in [4.78, 5) is 0. The van der Waals surface area contributed by atoms with Crippen LogP contribution in [-0.4, -0.2) is 17.2 Å². The molecule has 0 atom stereocenters. The van der Waals surface area contributed by atoms with E-state index >= 15 is 0 Å². The van der Waals surface area contributed by atoms with Gasteiger partial charge in [0.2, 0.25) is 0 Å². The standard InChI is InChI=1S/C19H13BrS.C12H9BO2S.C6H3Br3.H2/c1-12-8-14(10-15(20)9-12)13-6-7-19-17(11-13)16-4-2-3-5-18(16)21-19;14-13(15)8-5-6-12-10(7-8)9-3-1-2-4-11(9)16-12;7-4-1-5(8)3-6(9)2-4;/h2-11H,1H3;1-7,14-15H;1-3H;1H/i;;;1+1. The third kappa shape index (κ3) is 7.85. The van der Waals surface area contributed by atoms with E-state index in [1.54, 1.807) is 17.4 Å². The lowest BCUT2D eigenvalue weighted by Crippen LogP contribution is -2.29. The van der Waals surface area contributed by atoms with Crippen LogP contribution >= 0.6 is 86.4 Å². The number of rotatable bonds is 2. The van der Waals surface area contributed by atoms with Crippen molar-refractivity contribution in [2.24, 2.45) is 0 Å². The molecule has 9 heteroatoms. The average molecular weight is 899 g/mol. The van der Waals surface area contributed by atoms with Gasteiger partial charge in [0.1, 0.15) is 0 Å². The maximum absolute atomic E-state index is 9.15. The van der Waals surface area contributed by atoms with E-state index in [0.29, 0.717) is 5.46 Å². The Morgan fingerprint density at radius 2 is 0.957 bits per heavy atom. The predicted octanol–water partition coefficient (Wildman–Crippen LogP) is 12.7. The first-order valence-corrected chi connectivity index (χ1v) is 19.0. The van der Waals surface area contributed by atoms with E-state index < -0.39 is 7.12 Å². The molecule has 6 aromatic carbocycles. The molecule has 0 aliphatic rings. The maximum Gasteiger partial charge on any atom is 0.488 e. The van der Waals surface area contributed by atoms with Gasteiger partial charge in [-0.1, -0.05) is 124 Å². The fraction of sp³-hybridized carbons (Fsp3) is 0.0270. The molecular weight excluding hydrogens is 871 g/mol. The van der Waals surface area contributed by atoms with E-state index in [-0.39, 0.29) is 1.43 Å². The summed E-state index contributed by atoms with van der Waals surface area (Å²) in [5.41, 5.74) is 4.35. The molecule has 0 aliphatic carbocycles. The van der Waals surface area contributed by atoms with Gasteiger partial charge >= 0.3 is 7.12 Å². The molecule has 46 heavy (non-hydrogen) atoms. The van der Waals surface area contributed by atoms with Crippen molar-refractivity contribution in [2.75, 3.05) is 0 Å².